The summed E-state index contributed by atoms with van der Waals surface area (Å²) in [5, 5.41) is 55.3. The molecule has 4 bridgehead atoms. The molecule has 2 amide bonds. The van der Waals surface area contributed by atoms with E-state index in [1.165, 1.54) is 50.7 Å². The van der Waals surface area contributed by atoms with Gasteiger partial charge in [-0.3, -0.25) is 24.5 Å². The Kier molecular flexibility index (Phi) is 26.0. The fourth-order valence-corrected chi connectivity index (χ4v) is 23.0. The van der Waals surface area contributed by atoms with Gasteiger partial charge in [0.1, 0.15) is 106 Å². The van der Waals surface area contributed by atoms with Crippen LogP contribution in [0.3, 0.4) is 0 Å². The number of carbonyl (C=O) groups excluding carboxylic acids is 8. The predicted molar refractivity (Wildman–Crippen MR) is 450 cm³/mol. The van der Waals surface area contributed by atoms with E-state index in [9.17, 15) is 67.2 Å². The number of hydrogen-bond acceptors (Lipinski definition) is 31. The fourth-order valence-electron chi connectivity index (χ4n) is 22.1. The molecular weight excluding hydrogens is 1710 g/mol. The van der Waals surface area contributed by atoms with Crippen LogP contribution in [0, 0.1) is 45.1 Å². The Hall–Kier alpha value is -9.31. The molecule has 129 heavy (non-hydrogen) atoms. The number of sulfone groups is 1. The Morgan fingerprint density at radius 1 is 0.589 bits per heavy atom. The number of aliphatic hydroxyl groups excluding tert-OH is 2. The van der Waals surface area contributed by atoms with E-state index in [0.717, 1.165) is 12.1 Å². The summed E-state index contributed by atoms with van der Waals surface area (Å²) < 4.78 is 144. The first kappa shape index (κ1) is 95.8. The number of esters is 6. The number of fused-ring (bicyclic) bond motifs is 16. The number of nitrogens with zero attached hydrogens (tertiary/aromatic N) is 3. The van der Waals surface area contributed by atoms with Gasteiger partial charge in [-0.25, -0.2) is 46.0 Å². The van der Waals surface area contributed by atoms with Gasteiger partial charge >= 0.3 is 48.0 Å². The van der Waals surface area contributed by atoms with Crippen LogP contribution in [-0.4, -0.2) is 256 Å². The maximum atomic E-state index is 15.4. The molecule has 702 valence electrons. The van der Waals surface area contributed by atoms with Crippen molar-refractivity contribution in [1.29, 1.82) is 0 Å². The zero-order valence-electron chi connectivity index (χ0n) is 75.4. The van der Waals surface area contributed by atoms with Crippen molar-refractivity contribution < 1.29 is 142 Å². The molecular formula is C93H117F2N5O28S. The molecule has 33 nitrogen and oxygen atoms in total. The predicted octanol–water partition coefficient (Wildman–Crippen LogP) is 8.92. The normalized spacial score (nSPS) is 34.4. The van der Waals surface area contributed by atoms with Gasteiger partial charge in [-0.2, -0.15) is 0 Å². The average molecular weight is 1820 g/mol. The van der Waals surface area contributed by atoms with Crippen LogP contribution in [-0.2, 0) is 95.3 Å². The Labute approximate surface area is 747 Å². The third-order valence-electron chi connectivity index (χ3n) is 28.3. The first-order chi connectivity index (χ1) is 60.3. The van der Waals surface area contributed by atoms with Crippen molar-refractivity contribution in [2.75, 3.05) is 39.1 Å². The van der Waals surface area contributed by atoms with Crippen LogP contribution in [0.1, 0.15) is 193 Å². The average Bonchev–Trinajstić information content (AvgIpc) is 1.51. The molecule has 5 saturated heterocycles. The van der Waals surface area contributed by atoms with E-state index >= 15 is 8.78 Å². The van der Waals surface area contributed by atoms with Gasteiger partial charge in [0.05, 0.1) is 53.6 Å². The second-order valence-corrected chi connectivity index (χ2v) is 41.8. The molecule has 0 spiro atoms. The number of rotatable bonds is 20. The van der Waals surface area contributed by atoms with Gasteiger partial charge in [-0.1, -0.05) is 84.5 Å². The van der Waals surface area contributed by atoms with E-state index in [2.05, 4.69) is 27.2 Å². The zero-order valence-corrected chi connectivity index (χ0v) is 76.2. The second kappa shape index (κ2) is 35.0. The Morgan fingerprint density at radius 2 is 0.984 bits per heavy atom. The van der Waals surface area contributed by atoms with Crippen LogP contribution in [0.4, 0.5) is 18.4 Å². The molecule has 6 N–H and O–H groups in total. The van der Waals surface area contributed by atoms with Crippen LogP contribution in [0.15, 0.2) is 132 Å². The summed E-state index contributed by atoms with van der Waals surface area (Å²) in [4.78, 5) is 120. The number of ether oxygens (including phenoxy) is 14. The monoisotopic (exact) mass is 1820 g/mol. The molecule has 0 radical (unpaired) electrons. The zero-order chi connectivity index (χ0) is 94.0. The minimum absolute atomic E-state index is 0.0705. The highest BCUT2D eigenvalue weighted by Gasteiger charge is 2.80. The van der Waals surface area contributed by atoms with Crippen LogP contribution >= 0.6 is 0 Å². The summed E-state index contributed by atoms with van der Waals surface area (Å²) in [5.41, 5.74) is -12.9. The number of benzene rings is 2. The number of aromatic nitrogens is 2. The first-order valence-corrected chi connectivity index (χ1v) is 45.4. The number of likely N-dealkylation sites (tertiary alicyclic amines) is 1. The van der Waals surface area contributed by atoms with Crippen molar-refractivity contribution in [3.63, 3.8) is 0 Å². The van der Waals surface area contributed by atoms with Crippen molar-refractivity contribution in [3.05, 3.63) is 166 Å². The van der Waals surface area contributed by atoms with E-state index < -0.39 is 264 Å². The molecule has 0 unspecified atom stereocenters. The first-order valence-electron chi connectivity index (χ1n) is 43.4. The maximum absolute atomic E-state index is 15.4. The van der Waals surface area contributed by atoms with Gasteiger partial charge in [-0.15, -0.1) is 0 Å². The molecule has 2 aromatic carbocycles. The lowest BCUT2D eigenvalue weighted by atomic mass is 9.45. The van der Waals surface area contributed by atoms with E-state index in [1.54, 1.807) is 144 Å². The lowest BCUT2D eigenvalue weighted by molar-refractivity contribution is -0.345. The number of halogens is 2. The van der Waals surface area contributed by atoms with Crippen LogP contribution in [0.5, 0.6) is 0 Å². The Morgan fingerprint density at radius 3 is 1.34 bits per heavy atom. The number of pyridine rings is 2. The van der Waals surface area contributed by atoms with Crippen molar-refractivity contribution in [1.82, 2.24) is 25.5 Å². The van der Waals surface area contributed by atoms with Crippen LogP contribution in [0.25, 0.3) is 0 Å². The van der Waals surface area contributed by atoms with E-state index in [4.69, 9.17) is 66.3 Å². The van der Waals surface area contributed by atoms with Gasteiger partial charge in [0.25, 0.3) is 0 Å². The third-order valence-corrected chi connectivity index (χ3v) is 29.8. The molecule has 6 aliphatic carbocycles. The summed E-state index contributed by atoms with van der Waals surface area (Å²) in [6.45, 7) is 30.9. The summed E-state index contributed by atoms with van der Waals surface area (Å²) in [7, 11) is -3.31. The number of alkyl carbamates (subject to hydrolysis) is 2. The van der Waals surface area contributed by atoms with Gasteiger partial charge in [0.15, 0.2) is 45.8 Å². The summed E-state index contributed by atoms with van der Waals surface area (Å²) in [5.74, 6) is -9.39. The van der Waals surface area contributed by atoms with Crippen molar-refractivity contribution in [2.45, 2.75) is 286 Å². The SMILES string of the molecule is C=C[C@@H]1O[C@@H]2C3=C(C)[C@@H](OC(=O)[C@H](O)[C@@H](NC(=O)OC(C)(C)C)c4ncccc4F)C[C@@](O)([C@@H](OC(=O)c4ccccc4)[C@H]4[C@@](C)(CC[C@H]5OC[C@]54OC(C)=O)[C@@H]2O1)C3(C)C.CC(=O)O[C@@]12CO[C@@H]1CC[C@@]1(C)[C@@H]3O[C@H](CN4CC(S(C)(=O)=O)C4)O[C@@H]3C3=C(C)[C@@H](OC(=O)[C@H](O)[C@@H](NC(=O)OC(C)(C)C)c4ncccc4F)C[C@@](O)([C@@H](OC(=O)c4ccccc4)[C@@H]12)C3(C)C. The molecule has 24 atom stereocenters. The van der Waals surface area contributed by atoms with Gasteiger partial charge in [-0.05, 0) is 158 Å². The molecule has 4 aromatic rings. The molecule has 7 heterocycles. The summed E-state index contributed by atoms with van der Waals surface area (Å²) in [6.07, 6.45) is -13.4. The van der Waals surface area contributed by atoms with Gasteiger partial charge < -0.3 is 97.4 Å². The summed E-state index contributed by atoms with van der Waals surface area (Å²) >= 11 is 0. The minimum Gasteiger partial charge on any atom is -0.456 e. The van der Waals surface area contributed by atoms with Crippen LogP contribution < -0.4 is 10.6 Å². The summed E-state index contributed by atoms with van der Waals surface area (Å²) in [6, 6.07) is 17.5. The Bertz CT molecular complexity index is 5200. The van der Waals surface area contributed by atoms with Crippen molar-refractivity contribution in [2.24, 2.45) is 33.5 Å². The molecule has 4 saturated carbocycles. The van der Waals surface area contributed by atoms with Crippen molar-refractivity contribution in [3.8, 4) is 0 Å². The highest BCUT2D eigenvalue weighted by molar-refractivity contribution is 7.91. The standard InChI is InChI=1S/C48H62FN3O15S.C45H55FN2O13/c1-25-30(62-42(56)36(54)35(34-29(49)16-13-19-50-34)51-43(57)67-44(3,4)5)20-48(58)40(65-41(55)27-14-11-10-12-15-27)38-46(8,18-17-31-47(38,24-61-31)66-26(2)53)39-37(33(25)45(48,6)7)63-32(64-39)23-52-21-28(22-52)68(9,59)60;1-10-29-57-34-30-23(2)27(56-39(52)33(50)32(31-26(46)17-14-20-47-31)48-40(53)61-41(4,5)6)21-45(54,42(30,7)8)37(59-38(51)25-15-12-11-13-16-25)35-43(9,36(34)58-29)19-18-28-44(35,22-55-28)60-24(3)49/h10-16,19,28,30-32,35-40,54,58H,17-18,20-24H2,1-9H3,(H,51,57);10-17,20,27-29,32-37,50,54H,1,18-19,21-22H2,2-9H3,(H,48,53)/t30-,31+,32+,35-,36+,37+,38-,39+,40-,46+,47-,48+;27-,28+,29+,32-,33+,34+,35-,36+,37-,43+,44-,45+/m00/s1. The number of hydrogen-bond donors (Lipinski definition) is 6. The quantitative estimate of drug-likeness (QED) is 0.0273. The fraction of sp³-hybridized carbons (Fsp3) is 0.613. The molecule has 36 heteroatoms. The number of carbonyl (C=O) groups is 8. The molecule has 2 aromatic heterocycles. The highest BCUT2D eigenvalue weighted by Crippen LogP contribution is 2.70. The lowest BCUT2D eigenvalue weighted by Crippen LogP contribution is -2.79. The molecule has 15 rings (SSSR count). The largest absolute Gasteiger partial charge is 0.456 e. The van der Waals surface area contributed by atoms with Gasteiger partial charge in [0.2, 0.25) is 0 Å². The van der Waals surface area contributed by atoms with Crippen LogP contribution in [0.2, 0.25) is 0 Å². The second-order valence-electron chi connectivity index (χ2n) is 39.5. The van der Waals surface area contributed by atoms with E-state index in [-0.39, 0.29) is 44.0 Å². The van der Waals surface area contributed by atoms with Gasteiger partial charge in [0, 0.05) is 86.6 Å². The molecule has 5 aliphatic heterocycles. The highest BCUT2D eigenvalue weighted by atomic mass is 32.2. The maximum Gasteiger partial charge on any atom is 0.408 e. The topological polar surface area (TPSA) is 434 Å². The Balaban J connectivity index is 0.000000210. The molecule has 11 aliphatic rings. The lowest BCUT2D eigenvalue weighted by Gasteiger charge is -2.68. The smallest absolute Gasteiger partial charge is 0.408 e. The third kappa shape index (κ3) is 17.4. The molecule has 9 fully saturated rings. The van der Waals surface area contributed by atoms with E-state index in [1.807, 2.05) is 18.7 Å². The van der Waals surface area contributed by atoms with E-state index in [0.29, 0.717) is 48.0 Å². The minimum atomic E-state index is -3.31. The number of amides is 2. The number of aliphatic hydroxyl groups is 4. The number of nitrogens with one attached hydrogen (secondary N) is 2. The van der Waals surface area contributed by atoms with Crippen molar-refractivity contribution >= 4 is 57.8 Å².